The Kier molecular flexibility index (Phi) is 4.34. The molecule has 2 aromatic rings. The van der Waals surface area contributed by atoms with Crippen molar-refractivity contribution in [3.05, 3.63) is 48.0 Å². The minimum absolute atomic E-state index is 0.0414. The Morgan fingerprint density at radius 3 is 2.56 bits per heavy atom. The molecular weight excluding hydrogens is 342 g/mol. The maximum Gasteiger partial charge on any atom is 0.254 e. The highest BCUT2D eigenvalue weighted by molar-refractivity contribution is 6.01. The topological polar surface area (TPSA) is 69.7 Å². The van der Waals surface area contributed by atoms with Crippen LogP contribution in [-0.2, 0) is 9.59 Å². The van der Waals surface area contributed by atoms with E-state index >= 15 is 0 Å². The maximum atomic E-state index is 13.0. The molecule has 27 heavy (non-hydrogen) atoms. The number of hydrogen-bond donors (Lipinski definition) is 1. The molecule has 140 valence electrons. The Balaban J connectivity index is 1.54. The third-order valence-electron chi connectivity index (χ3n) is 5.48. The molecule has 3 amide bonds. The fraction of sp³-hybridized carbons (Fsp3) is 0.381. The molecule has 2 aliphatic heterocycles. The molecule has 2 aromatic carbocycles. The number of rotatable bonds is 2. The molecule has 2 fully saturated rings. The zero-order valence-corrected chi connectivity index (χ0v) is 15.5. The third-order valence-corrected chi connectivity index (χ3v) is 5.48. The highest BCUT2D eigenvalue weighted by atomic mass is 16.2. The summed E-state index contributed by atoms with van der Waals surface area (Å²) in [6, 6.07) is 12.4. The monoisotopic (exact) mass is 365 g/mol. The zero-order chi connectivity index (χ0) is 19.1. The van der Waals surface area contributed by atoms with Crippen LogP contribution in [0.1, 0.15) is 24.2 Å². The van der Waals surface area contributed by atoms with Crippen molar-refractivity contribution in [1.82, 2.24) is 15.1 Å². The van der Waals surface area contributed by atoms with E-state index in [1.165, 1.54) is 0 Å². The van der Waals surface area contributed by atoms with Gasteiger partial charge >= 0.3 is 0 Å². The van der Waals surface area contributed by atoms with Crippen LogP contribution in [0.15, 0.2) is 42.5 Å². The summed E-state index contributed by atoms with van der Waals surface area (Å²) in [5.41, 5.74) is 0.602. The van der Waals surface area contributed by atoms with E-state index in [9.17, 15) is 14.4 Å². The van der Waals surface area contributed by atoms with Gasteiger partial charge in [0.15, 0.2) is 0 Å². The van der Waals surface area contributed by atoms with E-state index in [0.29, 0.717) is 18.7 Å². The Morgan fingerprint density at radius 1 is 1.07 bits per heavy atom. The lowest BCUT2D eigenvalue weighted by molar-refractivity contribution is -0.153. The normalized spacial score (nSPS) is 22.8. The van der Waals surface area contributed by atoms with Crippen molar-refractivity contribution in [3.8, 4) is 0 Å². The predicted molar refractivity (Wildman–Crippen MR) is 102 cm³/mol. The number of piperazine rings is 2. The molecule has 0 radical (unpaired) electrons. The zero-order valence-electron chi connectivity index (χ0n) is 15.5. The largest absolute Gasteiger partial charge is 0.342 e. The van der Waals surface area contributed by atoms with Gasteiger partial charge < -0.3 is 15.1 Å². The molecule has 0 unspecified atom stereocenters. The molecule has 0 bridgehead atoms. The fourth-order valence-corrected chi connectivity index (χ4v) is 3.90. The molecule has 0 saturated carbocycles. The summed E-state index contributed by atoms with van der Waals surface area (Å²) in [6.45, 7) is 4.89. The molecule has 6 heteroatoms. The van der Waals surface area contributed by atoms with Gasteiger partial charge in [0.2, 0.25) is 11.8 Å². The van der Waals surface area contributed by atoms with E-state index in [0.717, 1.165) is 10.8 Å². The van der Waals surface area contributed by atoms with E-state index in [1.54, 1.807) is 9.80 Å². The van der Waals surface area contributed by atoms with Crippen molar-refractivity contribution in [3.63, 3.8) is 0 Å². The molecule has 0 aromatic heterocycles. The molecule has 6 nitrogen and oxygen atoms in total. The van der Waals surface area contributed by atoms with Crippen molar-refractivity contribution in [2.75, 3.05) is 19.6 Å². The highest BCUT2D eigenvalue weighted by Gasteiger charge is 2.45. The van der Waals surface area contributed by atoms with Gasteiger partial charge in [0.05, 0.1) is 6.54 Å². The maximum absolute atomic E-state index is 13.0. The number of nitrogens with zero attached hydrogens (tertiary/aromatic N) is 2. The minimum atomic E-state index is -0.606. The summed E-state index contributed by atoms with van der Waals surface area (Å²) in [4.78, 5) is 41.4. The van der Waals surface area contributed by atoms with Gasteiger partial charge in [0.25, 0.3) is 5.91 Å². The first-order valence-electron chi connectivity index (χ1n) is 9.34. The third kappa shape index (κ3) is 3.05. The van der Waals surface area contributed by atoms with Crippen molar-refractivity contribution in [2.24, 2.45) is 5.92 Å². The molecule has 2 saturated heterocycles. The number of amides is 3. The lowest BCUT2D eigenvalue weighted by Gasteiger charge is -2.46. The second-order valence-electron chi connectivity index (χ2n) is 7.59. The van der Waals surface area contributed by atoms with E-state index in [-0.39, 0.29) is 30.2 Å². The summed E-state index contributed by atoms with van der Waals surface area (Å²) >= 11 is 0. The van der Waals surface area contributed by atoms with Gasteiger partial charge in [-0.15, -0.1) is 0 Å². The van der Waals surface area contributed by atoms with E-state index in [1.807, 2.05) is 56.3 Å². The van der Waals surface area contributed by atoms with Crippen molar-refractivity contribution >= 4 is 28.5 Å². The van der Waals surface area contributed by atoms with Gasteiger partial charge in [-0.25, -0.2) is 0 Å². The Hall–Kier alpha value is -2.89. The van der Waals surface area contributed by atoms with Crippen LogP contribution >= 0.6 is 0 Å². The van der Waals surface area contributed by atoms with Crippen LogP contribution in [0.4, 0.5) is 0 Å². The van der Waals surface area contributed by atoms with E-state index in [2.05, 4.69) is 5.32 Å². The average Bonchev–Trinajstić information content (AvgIpc) is 2.69. The summed E-state index contributed by atoms with van der Waals surface area (Å²) in [5, 5.41) is 4.91. The highest BCUT2D eigenvalue weighted by Crippen LogP contribution is 2.22. The van der Waals surface area contributed by atoms with Crippen LogP contribution in [0.3, 0.4) is 0 Å². The summed E-state index contributed by atoms with van der Waals surface area (Å²) in [6.07, 6.45) is 0. The Bertz CT molecular complexity index is 924. The molecule has 2 aliphatic rings. The van der Waals surface area contributed by atoms with Crippen molar-refractivity contribution in [1.29, 1.82) is 0 Å². The average molecular weight is 365 g/mol. The SMILES string of the molecule is CC(C)[C@@H]1NC(=O)[C@H]2CN(C(=O)c3ccc4ccccc4c3)CCN2C1=O. The first kappa shape index (κ1) is 17.5. The van der Waals surface area contributed by atoms with Crippen molar-refractivity contribution < 1.29 is 14.4 Å². The number of fused-ring (bicyclic) bond motifs is 2. The summed E-state index contributed by atoms with van der Waals surface area (Å²) in [7, 11) is 0. The fourth-order valence-electron chi connectivity index (χ4n) is 3.90. The Labute approximate surface area is 158 Å². The Morgan fingerprint density at radius 2 is 1.81 bits per heavy atom. The van der Waals surface area contributed by atoms with Gasteiger partial charge in [-0.05, 0) is 28.8 Å². The first-order valence-corrected chi connectivity index (χ1v) is 9.34. The van der Waals surface area contributed by atoms with Gasteiger partial charge in [-0.1, -0.05) is 44.2 Å². The van der Waals surface area contributed by atoms with Gasteiger partial charge in [0.1, 0.15) is 12.1 Å². The van der Waals surface area contributed by atoms with Crippen LogP contribution in [0.5, 0.6) is 0 Å². The molecular formula is C21H23N3O3. The second-order valence-corrected chi connectivity index (χ2v) is 7.59. The second kappa shape index (κ2) is 6.68. The number of hydrogen-bond acceptors (Lipinski definition) is 3. The van der Waals surface area contributed by atoms with Crippen LogP contribution < -0.4 is 5.32 Å². The molecule has 4 rings (SSSR count). The van der Waals surface area contributed by atoms with E-state index < -0.39 is 12.1 Å². The molecule has 2 heterocycles. The van der Waals surface area contributed by atoms with Gasteiger partial charge in [-0.3, -0.25) is 14.4 Å². The van der Waals surface area contributed by atoms with Crippen LogP contribution in [0, 0.1) is 5.92 Å². The molecule has 2 atom stereocenters. The quantitative estimate of drug-likeness (QED) is 0.880. The van der Waals surface area contributed by atoms with Gasteiger partial charge in [0, 0.05) is 18.7 Å². The number of nitrogens with one attached hydrogen (secondary N) is 1. The number of benzene rings is 2. The molecule has 1 N–H and O–H groups in total. The number of carbonyl (C=O) groups is 3. The number of carbonyl (C=O) groups excluding carboxylic acids is 3. The van der Waals surface area contributed by atoms with E-state index in [4.69, 9.17) is 0 Å². The van der Waals surface area contributed by atoms with Gasteiger partial charge in [-0.2, -0.15) is 0 Å². The first-order chi connectivity index (χ1) is 13.0. The summed E-state index contributed by atoms with van der Waals surface area (Å²) < 4.78 is 0. The van der Waals surface area contributed by atoms with Crippen LogP contribution in [-0.4, -0.2) is 59.2 Å². The molecule has 0 spiro atoms. The minimum Gasteiger partial charge on any atom is -0.342 e. The summed E-state index contributed by atoms with van der Waals surface area (Å²) in [5.74, 6) is -0.289. The lowest BCUT2D eigenvalue weighted by atomic mass is 9.96. The molecule has 0 aliphatic carbocycles. The van der Waals surface area contributed by atoms with Crippen LogP contribution in [0.25, 0.3) is 10.8 Å². The lowest BCUT2D eigenvalue weighted by Crippen LogP contribution is -2.70. The smallest absolute Gasteiger partial charge is 0.254 e. The van der Waals surface area contributed by atoms with Crippen LogP contribution in [0.2, 0.25) is 0 Å². The predicted octanol–water partition coefficient (Wildman–Crippen LogP) is 1.65. The van der Waals surface area contributed by atoms with Crippen molar-refractivity contribution in [2.45, 2.75) is 25.9 Å². The standard InChI is InChI=1S/C21H23N3O3/c1-13(2)18-21(27)24-10-9-23(12-17(24)19(25)22-18)20(26)16-8-7-14-5-3-4-6-15(14)11-16/h3-8,11,13,17-18H,9-10,12H2,1-2H3,(H,22,25)/t17-,18+/m1/s1.